The van der Waals surface area contributed by atoms with Crippen LogP contribution in [0.2, 0.25) is 0 Å². The second-order valence-corrected chi connectivity index (χ2v) is 7.12. The Kier molecular flexibility index (Phi) is 5.00. The highest BCUT2D eigenvalue weighted by Gasteiger charge is 2.39. The van der Waals surface area contributed by atoms with Gasteiger partial charge < -0.3 is 4.90 Å². The third-order valence-electron chi connectivity index (χ3n) is 5.48. The molecule has 4 rings (SSSR count). The average Bonchev–Trinajstić information content (AvgIpc) is 3.18. The van der Waals surface area contributed by atoms with Gasteiger partial charge in [-0.1, -0.05) is 42.5 Å². The average molecular weight is 353 g/mol. The van der Waals surface area contributed by atoms with Crippen LogP contribution in [-0.2, 0) is 4.79 Å². The number of likely N-dealkylation sites (tertiary alicyclic amines) is 1. The van der Waals surface area contributed by atoms with Crippen LogP contribution in [-0.4, -0.2) is 23.9 Å². The van der Waals surface area contributed by atoms with Crippen LogP contribution in [0.5, 0.6) is 0 Å². The lowest BCUT2D eigenvalue weighted by Gasteiger charge is -2.38. The second-order valence-electron chi connectivity index (χ2n) is 7.12. The number of hydrazine groups is 1. The summed E-state index contributed by atoms with van der Waals surface area (Å²) in [6.07, 6.45) is 2.95. The number of rotatable bonds is 3. The van der Waals surface area contributed by atoms with E-state index in [0.717, 1.165) is 36.9 Å². The number of nitrogens with zero attached hydrogens (tertiary/aromatic N) is 1. The molecular formula is C21H24FN3O. The van der Waals surface area contributed by atoms with E-state index in [2.05, 4.69) is 10.9 Å². The first-order valence-corrected chi connectivity index (χ1v) is 9.33. The Bertz CT molecular complexity index is 767. The molecule has 2 fully saturated rings. The van der Waals surface area contributed by atoms with Gasteiger partial charge in [-0.05, 0) is 42.5 Å². The van der Waals surface area contributed by atoms with E-state index in [1.165, 1.54) is 6.07 Å². The van der Waals surface area contributed by atoms with Crippen molar-refractivity contribution in [2.24, 2.45) is 5.92 Å². The Balaban J connectivity index is 1.59. The van der Waals surface area contributed by atoms with Crippen molar-refractivity contribution in [3.8, 4) is 0 Å². The molecule has 2 aromatic carbocycles. The van der Waals surface area contributed by atoms with E-state index in [9.17, 15) is 9.18 Å². The van der Waals surface area contributed by atoms with Crippen LogP contribution >= 0.6 is 0 Å². The van der Waals surface area contributed by atoms with Crippen molar-refractivity contribution in [2.75, 3.05) is 13.1 Å². The van der Waals surface area contributed by atoms with Gasteiger partial charge in [-0.15, -0.1) is 0 Å². The molecule has 0 aliphatic carbocycles. The molecule has 0 aromatic heterocycles. The van der Waals surface area contributed by atoms with Crippen LogP contribution in [0.15, 0.2) is 54.6 Å². The summed E-state index contributed by atoms with van der Waals surface area (Å²) in [5.74, 6) is -0.260. The maximum absolute atomic E-state index is 13.7. The van der Waals surface area contributed by atoms with Crippen molar-refractivity contribution in [1.82, 2.24) is 15.8 Å². The fraction of sp³-hybridized carbons (Fsp3) is 0.381. The van der Waals surface area contributed by atoms with Crippen LogP contribution in [0, 0.1) is 11.7 Å². The highest BCUT2D eigenvalue weighted by molar-refractivity contribution is 5.81. The van der Waals surface area contributed by atoms with Crippen molar-refractivity contribution in [3.63, 3.8) is 0 Å². The number of carbonyl (C=O) groups is 1. The van der Waals surface area contributed by atoms with Gasteiger partial charge in [-0.25, -0.2) is 9.82 Å². The number of halogens is 1. The summed E-state index contributed by atoms with van der Waals surface area (Å²) in [5.41, 5.74) is 8.40. The quantitative estimate of drug-likeness (QED) is 0.889. The van der Waals surface area contributed by atoms with Crippen molar-refractivity contribution in [1.29, 1.82) is 0 Å². The van der Waals surface area contributed by atoms with Gasteiger partial charge in [0.1, 0.15) is 5.82 Å². The van der Waals surface area contributed by atoms with Gasteiger partial charge in [0.05, 0.1) is 18.0 Å². The minimum atomic E-state index is -0.244. The molecule has 0 spiro atoms. The first kappa shape index (κ1) is 17.2. The maximum atomic E-state index is 13.7. The number of carbonyl (C=O) groups excluding carboxylic acids is 1. The van der Waals surface area contributed by atoms with Crippen LogP contribution in [0.3, 0.4) is 0 Å². The first-order valence-electron chi connectivity index (χ1n) is 9.33. The Hall–Kier alpha value is -2.24. The highest BCUT2D eigenvalue weighted by Crippen LogP contribution is 2.35. The molecule has 0 radical (unpaired) electrons. The fourth-order valence-electron chi connectivity index (χ4n) is 4.17. The van der Waals surface area contributed by atoms with Crippen molar-refractivity contribution in [3.05, 3.63) is 71.5 Å². The zero-order chi connectivity index (χ0) is 17.9. The second kappa shape index (κ2) is 7.56. The molecule has 0 saturated carbocycles. The predicted octanol–water partition coefficient (Wildman–Crippen LogP) is 3.34. The molecular weight excluding hydrogens is 329 g/mol. The van der Waals surface area contributed by atoms with Gasteiger partial charge in [-0.2, -0.15) is 0 Å². The SMILES string of the molecule is O=C(C1CNNC1c1ccccc1)N1CCCCC1c1cccc(F)c1. The van der Waals surface area contributed by atoms with Gasteiger partial charge in [-0.3, -0.25) is 10.2 Å². The maximum Gasteiger partial charge on any atom is 0.229 e. The Morgan fingerprint density at radius 3 is 2.65 bits per heavy atom. The van der Waals surface area contributed by atoms with E-state index in [-0.39, 0.29) is 29.7 Å². The van der Waals surface area contributed by atoms with Crippen LogP contribution < -0.4 is 10.9 Å². The molecule has 2 aliphatic heterocycles. The Morgan fingerprint density at radius 1 is 1.04 bits per heavy atom. The fourth-order valence-corrected chi connectivity index (χ4v) is 4.17. The number of benzene rings is 2. The van der Waals surface area contributed by atoms with E-state index < -0.39 is 0 Å². The third kappa shape index (κ3) is 3.37. The number of nitrogens with one attached hydrogen (secondary N) is 2. The largest absolute Gasteiger partial charge is 0.335 e. The number of amides is 1. The van der Waals surface area contributed by atoms with E-state index in [4.69, 9.17) is 0 Å². The molecule has 2 aromatic rings. The molecule has 5 heteroatoms. The summed E-state index contributed by atoms with van der Waals surface area (Å²) in [6, 6.07) is 16.7. The molecule has 1 amide bonds. The van der Waals surface area contributed by atoms with Crippen LogP contribution in [0.1, 0.15) is 42.5 Å². The smallest absolute Gasteiger partial charge is 0.229 e. The molecule has 4 nitrogen and oxygen atoms in total. The van der Waals surface area contributed by atoms with Crippen molar-refractivity contribution < 1.29 is 9.18 Å². The highest BCUT2D eigenvalue weighted by atomic mass is 19.1. The lowest BCUT2D eigenvalue weighted by Crippen LogP contribution is -2.43. The molecule has 2 N–H and O–H groups in total. The number of hydrogen-bond donors (Lipinski definition) is 2. The normalized spacial score (nSPS) is 26.0. The predicted molar refractivity (Wildman–Crippen MR) is 98.5 cm³/mol. The summed E-state index contributed by atoms with van der Waals surface area (Å²) >= 11 is 0. The van der Waals surface area contributed by atoms with Crippen molar-refractivity contribution >= 4 is 5.91 Å². The minimum Gasteiger partial charge on any atom is -0.335 e. The molecule has 136 valence electrons. The molecule has 2 aliphatic rings. The Morgan fingerprint density at radius 2 is 1.85 bits per heavy atom. The van der Waals surface area contributed by atoms with E-state index in [1.54, 1.807) is 12.1 Å². The lowest BCUT2D eigenvalue weighted by molar-refractivity contribution is -0.139. The summed E-state index contributed by atoms with van der Waals surface area (Å²) < 4.78 is 13.7. The Labute approximate surface area is 153 Å². The first-order chi connectivity index (χ1) is 12.7. The van der Waals surface area contributed by atoms with E-state index in [1.807, 2.05) is 41.3 Å². The zero-order valence-corrected chi connectivity index (χ0v) is 14.7. The monoisotopic (exact) mass is 353 g/mol. The molecule has 0 bridgehead atoms. The van der Waals surface area contributed by atoms with Crippen LogP contribution in [0.4, 0.5) is 4.39 Å². The van der Waals surface area contributed by atoms with Crippen molar-refractivity contribution in [2.45, 2.75) is 31.3 Å². The van der Waals surface area contributed by atoms with E-state index in [0.29, 0.717) is 6.54 Å². The lowest BCUT2D eigenvalue weighted by atomic mass is 9.90. The van der Waals surface area contributed by atoms with Gasteiger partial charge in [0, 0.05) is 13.1 Å². The minimum absolute atomic E-state index is 0.0380. The molecule has 2 saturated heterocycles. The van der Waals surface area contributed by atoms with E-state index >= 15 is 0 Å². The van der Waals surface area contributed by atoms with Crippen LogP contribution in [0.25, 0.3) is 0 Å². The number of piperidine rings is 1. The summed E-state index contributed by atoms with van der Waals surface area (Å²) in [7, 11) is 0. The standard InChI is InChI=1S/C21H24FN3O/c22-17-10-6-9-16(13-17)19-11-4-5-12-25(19)21(26)18-14-23-24-20(18)15-7-2-1-3-8-15/h1-3,6-10,13,18-20,23-24H,4-5,11-12,14H2. The summed E-state index contributed by atoms with van der Waals surface area (Å²) in [6.45, 7) is 1.34. The summed E-state index contributed by atoms with van der Waals surface area (Å²) in [4.78, 5) is 15.4. The summed E-state index contributed by atoms with van der Waals surface area (Å²) in [5, 5.41) is 0. The van der Waals surface area contributed by atoms with Gasteiger partial charge in [0.15, 0.2) is 0 Å². The topological polar surface area (TPSA) is 44.4 Å². The van der Waals surface area contributed by atoms with Gasteiger partial charge in [0.25, 0.3) is 0 Å². The zero-order valence-electron chi connectivity index (χ0n) is 14.7. The molecule has 3 unspecified atom stereocenters. The van der Waals surface area contributed by atoms with Gasteiger partial charge >= 0.3 is 0 Å². The number of hydrogen-bond acceptors (Lipinski definition) is 3. The molecule has 26 heavy (non-hydrogen) atoms. The van der Waals surface area contributed by atoms with Gasteiger partial charge in [0.2, 0.25) is 5.91 Å². The third-order valence-corrected chi connectivity index (χ3v) is 5.48. The molecule has 3 atom stereocenters. The molecule has 2 heterocycles.